The van der Waals surface area contributed by atoms with E-state index in [2.05, 4.69) is 36.5 Å². The fourth-order valence-corrected chi connectivity index (χ4v) is 1.25. The molecule has 1 aliphatic rings. The Labute approximate surface area is 85.0 Å². The van der Waals surface area contributed by atoms with Crippen LogP contribution in [-0.4, -0.2) is 6.04 Å². The number of hydrogen-bond donors (Lipinski definition) is 0. The minimum atomic E-state index is 0. The van der Waals surface area contributed by atoms with E-state index in [-0.39, 0.29) is 18.9 Å². The fraction of sp³-hybridized carbons (Fsp3) is 0.200. The van der Waals surface area contributed by atoms with Gasteiger partial charge in [-0.05, 0) is 5.56 Å². The number of nitrogens with zero attached hydrogens (tertiary/aromatic N) is 1. The summed E-state index contributed by atoms with van der Waals surface area (Å²) in [4.78, 5) is 0. The van der Waals surface area contributed by atoms with E-state index in [0.717, 1.165) is 5.69 Å². The molecule has 0 saturated heterocycles. The minimum Gasteiger partial charge on any atom is -0.678 e. The first-order valence-electron chi connectivity index (χ1n) is 3.84. The van der Waals surface area contributed by atoms with E-state index < -0.39 is 0 Å². The number of benzene rings is 1. The molecule has 0 saturated carbocycles. The maximum Gasteiger partial charge on any atom is 1.00 e. The molecular weight excluding hydrogens is 141 g/mol. The Morgan fingerprint density at radius 1 is 1.25 bits per heavy atom. The van der Waals surface area contributed by atoms with Crippen LogP contribution in [-0.2, 0) is 0 Å². The van der Waals surface area contributed by atoms with Crippen LogP contribution in [0.5, 0.6) is 0 Å². The van der Waals surface area contributed by atoms with Crippen molar-refractivity contribution >= 4 is 11.8 Å². The van der Waals surface area contributed by atoms with E-state index in [4.69, 9.17) is 0 Å². The zero-order valence-corrected chi connectivity index (χ0v) is 7.49. The molecule has 1 heterocycles. The molecule has 0 N–H and O–H groups in total. The molecule has 0 amide bonds. The average Bonchev–Trinajstić information content (AvgIpc) is 2.04. The van der Waals surface area contributed by atoms with Gasteiger partial charge in [0.25, 0.3) is 0 Å². The Morgan fingerprint density at radius 2 is 2.00 bits per heavy atom. The topological polar surface area (TPSA) is 14.1 Å². The molecule has 0 fully saturated rings. The van der Waals surface area contributed by atoms with Crippen LogP contribution in [0.4, 0.5) is 5.69 Å². The maximum atomic E-state index is 4.46. The maximum absolute atomic E-state index is 4.46. The predicted octanol–water partition coefficient (Wildman–Crippen LogP) is 0.111. The third kappa shape index (κ3) is 1.74. The summed E-state index contributed by atoms with van der Waals surface area (Å²) in [6.07, 6.45) is 4.25. The van der Waals surface area contributed by atoms with Crippen LogP contribution in [0.25, 0.3) is 11.4 Å². The average molecular weight is 151 g/mol. The van der Waals surface area contributed by atoms with Crippen LogP contribution < -0.4 is 18.9 Å². The summed E-state index contributed by atoms with van der Waals surface area (Å²) in [5, 5.41) is 4.46. The van der Waals surface area contributed by atoms with Gasteiger partial charge in [-0.25, -0.2) is 0 Å². The Hall–Kier alpha value is -0.643. The van der Waals surface area contributed by atoms with Crippen molar-refractivity contribution < 1.29 is 18.9 Å². The standard InChI is InChI=1S/C10H10N.Li/c1-8-6-7-9-4-2-3-5-10(9)11-8;/h2-8H,1H3;/q-1;+1. The van der Waals surface area contributed by atoms with Gasteiger partial charge in [0.2, 0.25) is 0 Å². The molecular formula is C10H10LiN. The quantitative estimate of drug-likeness (QED) is 0.467. The van der Waals surface area contributed by atoms with Gasteiger partial charge in [-0.3, -0.25) is 0 Å². The second kappa shape index (κ2) is 3.85. The van der Waals surface area contributed by atoms with Gasteiger partial charge in [0.05, 0.1) is 0 Å². The third-order valence-electron chi connectivity index (χ3n) is 1.83. The second-order valence-corrected chi connectivity index (χ2v) is 2.79. The van der Waals surface area contributed by atoms with Crippen LogP contribution in [0.15, 0.2) is 30.3 Å². The number of para-hydroxylation sites is 1. The molecule has 0 bridgehead atoms. The molecule has 0 spiro atoms. The Balaban J connectivity index is 0.000000720. The smallest absolute Gasteiger partial charge is 0.678 e. The van der Waals surface area contributed by atoms with Crippen molar-refractivity contribution in [3.05, 3.63) is 41.2 Å². The van der Waals surface area contributed by atoms with Crippen molar-refractivity contribution in [3.63, 3.8) is 0 Å². The SMILES string of the molecule is CC1C=Cc2ccccc2[N-]1.[Li+]. The Kier molecular flexibility index (Phi) is 3.03. The van der Waals surface area contributed by atoms with Gasteiger partial charge < -0.3 is 5.32 Å². The van der Waals surface area contributed by atoms with Crippen molar-refractivity contribution in [2.24, 2.45) is 0 Å². The van der Waals surface area contributed by atoms with Gasteiger partial charge in [-0.2, -0.15) is 0 Å². The van der Waals surface area contributed by atoms with Crippen LogP contribution in [0.1, 0.15) is 12.5 Å². The van der Waals surface area contributed by atoms with Crippen molar-refractivity contribution in [3.8, 4) is 0 Å². The second-order valence-electron chi connectivity index (χ2n) is 2.79. The number of hydrogen-bond acceptors (Lipinski definition) is 0. The first-order valence-corrected chi connectivity index (χ1v) is 3.84. The monoisotopic (exact) mass is 151 g/mol. The first-order chi connectivity index (χ1) is 5.36. The molecule has 1 atom stereocenters. The van der Waals surface area contributed by atoms with Crippen molar-refractivity contribution in [1.82, 2.24) is 0 Å². The van der Waals surface area contributed by atoms with Gasteiger partial charge >= 0.3 is 18.9 Å². The van der Waals surface area contributed by atoms with Crippen molar-refractivity contribution in [1.29, 1.82) is 0 Å². The Bertz CT molecular complexity index is 294. The van der Waals surface area contributed by atoms with Crippen LogP contribution in [0, 0.1) is 0 Å². The molecule has 1 aromatic carbocycles. The van der Waals surface area contributed by atoms with Crippen LogP contribution in [0.3, 0.4) is 0 Å². The van der Waals surface area contributed by atoms with Crippen molar-refractivity contribution in [2.75, 3.05) is 0 Å². The summed E-state index contributed by atoms with van der Waals surface area (Å²) in [7, 11) is 0. The molecule has 1 aliphatic heterocycles. The zero-order chi connectivity index (χ0) is 7.68. The van der Waals surface area contributed by atoms with E-state index in [9.17, 15) is 0 Å². The summed E-state index contributed by atoms with van der Waals surface area (Å²) in [6, 6.07) is 8.53. The predicted molar refractivity (Wildman–Crippen MR) is 48.0 cm³/mol. The van der Waals surface area contributed by atoms with E-state index >= 15 is 0 Å². The van der Waals surface area contributed by atoms with Gasteiger partial charge in [0, 0.05) is 0 Å². The molecule has 0 radical (unpaired) electrons. The molecule has 12 heavy (non-hydrogen) atoms. The van der Waals surface area contributed by atoms with Crippen molar-refractivity contribution in [2.45, 2.75) is 13.0 Å². The van der Waals surface area contributed by atoms with Gasteiger partial charge in [0.1, 0.15) is 0 Å². The Morgan fingerprint density at radius 3 is 2.83 bits per heavy atom. The third-order valence-corrected chi connectivity index (χ3v) is 1.83. The molecule has 2 rings (SSSR count). The van der Waals surface area contributed by atoms with E-state index in [1.807, 2.05) is 12.1 Å². The molecule has 0 aromatic heterocycles. The number of fused-ring (bicyclic) bond motifs is 1. The summed E-state index contributed by atoms with van der Waals surface area (Å²) in [5.74, 6) is 0. The zero-order valence-electron chi connectivity index (χ0n) is 7.49. The molecule has 1 aromatic rings. The van der Waals surface area contributed by atoms with Crippen LogP contribution in [0.2, 0.25) is 0 Å². The van der Waals surface area contributed by atoms with Gasteiger partial charge in [-0.15, -0.1) is 11.7 Å². The van der Waals surface area contributed by atoms with E-state index in [1.165, 1.54) is 5.56 Å². The molecule has 1 unspecified atom stereocenters. The molecule has 1 nitrogen and oxygen atoms in total. The van der Waals surface area contributed by atoms with Crippen LogP contribution >= 0.6 is 0 Å². The van der Waals surface area contributed by atoms with Gasteiger partial charge in [-0.1, -0.05) is 43.3 Å². The molecule has 0 aliphatic carbocycles. The van der Waals surface area contributed by atoms with Gasteiger partial charge in [0.15, 0.2) is 0 Å². The summed E-state index contributed by atoms with van der Waals surface area (Å²) in [6.45, 7) is 2.09. The van der Waals surface area contributed by atoms with E-state index in [0.29, 0.717) is 6.04 Å². The first kappa shape index (κ1) is 9.45. The summed E-state index contributed by atoms with van der Waals surface area (Å²) in [5.41, 5.74) is 2.34. The van der Waals surface area contributed by atoms with E-state index in [1.54, 1.807) is 0 Å². The minimum absolute atomic E-state index is 0. The normalized spacial score (nSPS) is 18.9. The molecule has 56 valence electrons. The summed E-state index contributed by atoms with van der Waals surface area (Å²) >= 11 is 0. The summed E-state index contributed by atoms with van der Waals surface area (Å²) < 4.78 is 0. The molecule has 2 heteroatoms. The largest absolute Gasteiger partial charge is 1.00 e. The number of rotatable bonds is 0. The fourth-order valence-electron chi connectivity index (χ4n) is 1.25.